The Hall–Kier alpha value is -6.13. The number of hydrogen-bond acceptors (Lipinski definition) is 3. The first-order chi connectivity index (χ1) is 24.1. The highest BCUT2D eigenvalue weighted by Gasteiger charge is 2.39. The predicted octanol–water partition coefficient (Wildman–Crippen LogP) is 11.5. The monoisotopic (exact) mass is 630 g/mol. The van der Waals surface area contributed by atoms with Gasteiger partial charge in [0.1, 0.15) is 0 Å². The Morgan fingerprint density at radius 3 is 2.06 bits per heavy atom. The van der Waals surface area contributed by atoms with Crippen molar-refractivity contribution in [3.05, 3.63) is 180 Å². The minimum absolute atomic E-state index is 0.124. The molecule has 1 atom stereocenters. The van der Waals surface area contributed by atoms with Crippen LogP contribution in [0.3, 0.4) is 0 Å². The van der Waals surface area contributed by atoms with Crippen LogP contribution in [0.2, 0.25) is 0 Å². The van der Waals surface area contributed by atoms with Gasteiger partial charge in [0.25, 0.3) is 0 Å². The summed E-state index contributed by atoms with van der Waals surface area (Å²) in [4.78, 5) is 7.93. The standard InChI is InChI=1S/C45H34N4/c1-45(2)36-21-12-11-20-34(36)43-42-37(45)22-13-23-38(42)46-44(47-43)49-39-27-25-32(48(30-15-5-3-6-16-30)31-17-7-4-8-18-31)28-35(39)41-33-19-10-9-14-29(33)24-26-40(41)49/h3-28,44,46H,1-2H3. The van der Waals surface area contributed by atoms with Gasteiger partial charge in [-0.1, -0.05) is 117 Å². The van der Waals surface area contributed by atoms with E-state index in [2.05, 4.69) is 186 Å². The number of fused-ring (bicyclic) bond motifs is 7. The van der Waals surface area contributed by atoms with Gasteiger partial charge in [0.05, 0.1) is 16.7 Å². The molecule has 4 nitrogen and oxygen atoms in total. The maximum absolute atomic E-state index is 5.59. The van der Waals surface area contributed by atoms with E-state index in [1.807, 2.05) is 0 Å². The molecule has 7 aromatic carbocycles. The van der Waals surface area contributed by atoms with Gasteiger partial charge in [0, 0.05) is 50.1 Å². The number of nitrogens with one attached hydrogen (secondary N) is 1. The lowest BCUT2D eigenvalue weighted by Gasteiger charge is -2.39. The van der Waals surface area contributed by atoms with Crippen LogP contribution in [0.5, 0.6) is 0 Å². The molecule has 2 aliphatic rings. The van der Waals surface area contributed by atoms with Gasteiger partial charge in [0.15, 0.2) is 0 Å². The highest BCUT2D eigenvalue weighted by Crippen LogP contribution is 2.48. The molecule has 2 heterocycles. The van der Waals surface area contributed by atoms with Crippen molar-refractivity contribution in [2.24, 2.45) is 4.99 Å². The number of hydrogen-bond donors (Lipinski definition) is 1. The van der Waals surface area contributed by atoms with Crippen molar-refractivity contribution in [1.29, 1.82) is 0 Å². The zero-order valence-electron chi connectivity index (χ0n) is 27.4. The van der Waals surface area contributed by atoms with Gasteiger partial charge >= 0.3 is 0 Å². The first kappa shape index (κ1) is 27.9. The van der Waals surface area contributed by atoms with Crippen LogP contribution in [-0.4, -0.2) is 10.3 Å². The van der Waals surface area contributed by atoms with E-state index in [1.165, 1.54) is 43.8 Å². The van der Waals surface area contributed by atoms with Crippen molar-refractivity contribution >= 4 is 61.0 Å². The maximum atomic E-state index is 5.59. The third kappa shape index (κ3) is 4.07. The lowest BCUT2D eigenvalue weighted by atomic mass is 9.67. The second-order valence-electron chi connectivity index (χ2n) is 13.7. The van der Waals surface area contributed by atoms with Crippen molar-refractivity contribution < 1.29 is 0 Å². The van der Waals surface area contributed by atoms with E-state index < -0.39 is 0 Å². The largest absolute Gasteiger partial charge is 0.346 e. The Bertz CT molecular complexity index is 2570. The first-order valence-corrected chi connectivity index (χ1v) is 17.0. The van der Waals surface area contributed by atoms with Gasteiger partial charge in [-0.05, 0) is 76.5 Å². The zero-order chi connectivity index (χ0) is 32.7. The molecule has 1 unspecified atom stereocenters. The summed E-state index contributed by atoms with van der Waals surface area (Å²) < 4.78 is 2.40. The highest BCUT2D eigenvalue weighted by atomic mass is 15.3. The molecule has 8 aromatic rings. The number of aromatic nitrogens is 1. The van der Waals surface area contributed by atoms with Gasteiger partial charge < -0.3 is 14.8 Å². The third-order valence-corrected chi connectivity index (χ3v) is 10.6. The third-order valence-electron chi connectivity index (χ3n) is 10.6. The molecule has 1 aromatic heterocycles. The lowest BCUT2D eigenvalue weighted by Crippen LogP contribution is -2.35. The Morgan fingerprint density at radius 2 is 1.27 bits per heavy atom. The summed E-state index contributed by atoms with van der Waals surface area (Å²) in [5.74, 6) is 0. The van der Waals surface area contributed by atoms with Crippen molar-refractivity contribution in [3.63, 3.8) is 0 Å². The summed E-state index contributed by atoms with van der Waals surface area (Å²) in [5, 5.41) is 8.80. The molecule has 234 valence electrons. The summed E-state index contributed by atoms with van der Waals surface area (Å²) in [6, 6.07) is 56.8. The molecule has 49 heavy (non-hydrogen) atoms. The van der Waals surface area contributed by atoms with Crippen molar-refractivity contribution in [1.82, 2.24) is 4.57 Å². The fourth-order valence-electron chi connectivity index (χ4n) is 8.32. The van der Waals surface area contributed by atoms with Gasteiger partial charge in [-0.15, -0.1) is 0 Å². The average Bonchev–Trinajstić information content (AvgIpc) is 3.49. The van der Waals surface area contributed by atoms with Crippen LogP contribution in [0.15, 0.2) is 163 Å². The minimum Gasteiger partial charge on any atom is -0.346 e. The second kappa shape index (κ2) is 10.4. The van der Waals surface area contributed by atoms with Crippen molar-refractivity contribution in [2.45, 2.75) is 25.6 Å². The fourth-order valence-corrected chi connectivity index (χ4v) is 8.32. The van der Waals surface area contributed by atoms with E-state index in [9.17, 15) is 0 Å². The van der Waals surface area contributed by atoms with Crippen LogP contribution in [0.1, 0.15) is 42.4 Å². The molecular formula is C45H34N4. The normalized spacial score (nSPS) is 15.8. The summed E-state index contributed by atoms with van der Waals surface area (Å²) in [5.41, 5.74) is 12.8. The van der Waals surface area contributed by atoms with Crippen molar-refractivity contribution in [3.8, 4) is 0 Å². The fraction of sp³-hybridized carbons (Fsp3) is 0.0889. The SMILES string of the molecule is CC1(C)c2ccccc2C2=NC(n3c4ccc(N(c5ccccc5)c5ccccc5)cc4c4c5ccccc5ccc43)Nc3cccc1c32. The first-order valence-electron chi connectivity index (χ1n) is 17.0. The molecule has 0 spiro atoms. The van der Waals surface area contributed by atoms with Gasteiger partial charge in [-0.3, -0.25) is 0 Å². The number of rotatable bonds is 4. The van der Waals surface area contributed by atoms with Gasteiger partial charge in [0.2, 0.25) is 6.29 Å². The van der Waals surface area contributed by atoms with E-state index in [0.717, 1.165) is 39.5 Å². The van der Waals surface area contributed by atoms with Crippen LogP contribution >= 0.6 is 0 Å². The van der Waals surface area contributed by atoms with Crippen LogP contribution in [0.4, 0.5) is 22.7 Å². The Morgan fingerprint density at radius 1 is 0.592 bits per heavy atom. The molecular weight excluding hydrogens is 597 g/mol. The zero-order valence-corrected chi connectivity index (χ0v) is 27.4. The van der Waals surface area contributed by atoms with Crippen molar-refractivity contribution in [2.75, 3.05) is 10.2 Å². The lowest BCUT2D eigenvalue weighted by molar-refractivity contribution is 0.605. The molecule has 0 radical (unpaired) electrons. The second-order valence-corrected chi connectivity index (χ2v) is 13.7. The molecule has 0 bridgehead atoms. The smallest absolute Gasteiger partial charge is 0.201 e. The molecule has 1 N–H and O–H groups in total. The van der Waals surface area contributed by atoms with Crippen LogP contribution in [0, 0.1) is 0 Å². The Labute approximate surface area is 285 Å². The summed E-state index contributed by atoms with van der Waals surface area (Å²) >= 11 is 0. The minimum atomic E-state index is -0.335. The molecule has 0 amide bonds. The Kier molecular flexibility index (Phi) is 5.95. The molecule has 10 rings (SSSR count). The van der Waals surface area contributed by atoms with Crippen LogP contribution < -0.4 is 10.2 Å². The van der Waals surface area contributed by atoms with E-state index in [4.69, 9.17) is 4.99 Å². The highest BCUT2D eigenvalue weighted by molar-refractivity contribution is 6.23. The molecule has 0 saturated heterocycles. The van der Waals surface area contributed by atoms with E-state index >= 15 is 0 Å². The molecule has 4 heteroatoms. The molecule has 1 aliphatic carbocycles. The van der Waals surface area contributed by atoms with E-state index in [0.29, 0.717) is 0 Å². The number of para-hydroxylation sites is 2. The number of anilines is 4. The Balaban J connectivity index is 1.25. The molecule has 0 saturated carbocycles. The van der Waals surface area contributed by atoms with Crippen LogP contribution in [0.25, 0.3) is 32.6 Å². The van der Waals surface area contributed by atoms with Gasteiger partial charge in [-0.25, -0.2) is 4.99 Å². The van der Waals surface area contributed by atoms with E-state index in [1.54, 1.807) is 0 Å². The predicted molar refractivity (Wildman–Crippen MR) is 205 cm³/mol. The molecule has 0 fully saturated rings. The average molecular weight is 631 g/mol. The topological polar surface area (TPSA) is 32.6 Å². The number of benzene rings is 7. The summed E-state index contributed by atoms with van der Waals surface area (Å²) in [6.45, 7) is 4.66. The van der Waals surface area contributed by atoms with Crippen LogP contribution in [-0.2, 0) is 5.41 Å². The molecule has 1 aliphatic heterocycles. The quantitative estimate of drug-likeness (QED) is 0.210. The summed E-state index contributed by atoms with van der Waals surface area (Å²) in [7, 11) is 0. The number of nitrogens with zero attached hydrogens (tertiary/aromatic N) is 3. The summed E-state index contributed by atoms with van der Waals surface area (Å²) in [6.07, 6.45) is -0.335. The van der Waals surface area contributed by atoms with E-state index in [-0.39, 0.29) is 11.7 Å². The van der Waals surface area contributed by atoms with Gasteiger partial charge in [-0.2, -0.15) is 0 Å². The maximum Gasteiger partial charge on any atom is 0.201 e. The number of aliphatic imine (C=N–C) groups is 1.